The summed E-state index contributed by atoms with van der Waals surface area (Å²) in [4.78, 5) is 0. The van der Waals surface area contributed by atoms with E-state index in [-0.39, 0.29) is 6.79 Å². The topological polar surface area (TPSA) is 57.4 Å². The van der Waals surface area contributed by atoms with E-state index in [1.807, 2.05) is 24.3 Å². The monoisotopic (exact) mass is 340 g/mol. The number of hydrogen-bond acceptors (Lipinski definition) is 6. The Hall–Kier alpha value is -2.47. The van der Waals surface area contributed by atoms with Gasteiger partial charge in [-0.3, -0.25) is 0 Å². The van der Waals surface area contributed by atoms with Crippen molar-refractivity contribution in [2.24, 2.45) is 0 Å². The van der Waals surface area contributed by atoms with E-state index in [1.54, 1.807) is 11.8 Å². The van der Waals surface area contributed by atoms with Gasteiger partial charge in [0.2, 0.25) is 12.7 Å². The van der Waals surface area contributed by atoms with Crippen LogP contribution in [0, 0.1) is 0 Å². The van der Waals surface area contributed by atoms with E-state index in [4.69, 9.17) is 13.9 Å². The van der Waals surface area contributed by atoms with Gasteiger partial charge in [-0.25, -0.2) is 0 Å². The molecule has 0 saturated heterocycles. The fourth-order valence-corrected chi connectivity index (χ4v) is 3.19. The van der Waals surface area contributed by atoms with Crippen molar-refractivity contribution < 1.29 is 13.9 Å². The fraction of sp³-hybridized carbons (Fsp3) is 0.222. The van der Waals surface area contributed by atoms with Crippen LogP contribution in [0.3, 0.4) is 0 Å². The van der Waals surface area contributed by atoms with E-state index in [2.05, 4.69) is 34.5 Å². The van der Waals surface area contributed by atoms with E-state index in [9.17, 15) is 0 Å². The van der Waals surface area contributed by atoms with E-state index in [0.29, 0.717) is 16.9 Å². The lowest BCUT2D eigenvalue weighted by molar-refractivity contribution is 0.174. The van der Waals surface area contributed by atoms with Crippen LogP contribution in [-0.4, -0.2) is 22.7 Å². The number of rotatable bonds is 6. The van der Waals surface area contributed by atoms with E-state index in [0.717, 1.165) is 29.9 Å². The first kappa shape index (κ1) is 15.1. The van der Waals surface area contributed by atoms with E-state index >= 15 is 0 Å². The molecule has 1 aromatic heterocycles. The summed E-state index contributed by atoms with van der Waals surface area (Å²) in [6.07, 6.45) is 2.12. The summed E-state index contributed by atoms with van der Waals surface area (Å²) in [6.45, 7) is 0.255. The summed E-state index contributed by atoms with van der Waals surface area (Å²) in [5, 5.41) is 8.81. The van der Waals surface area contributed by atoms with Crippen LogP contribution in [0.4, 0.5) is 0 Å². The highest BCUT2D eigenvalue weighted by atomic mass is 32.2. The molecule has 1 aliphatic heterocycles. The molecule has 6 heteroatoms. The third-order valence-electron chi connectivity index (χ3n) is 3.70. The van der Waals surface area contributed by atoms with Crippen LogP contribution in [0.2, 0.25) is 0 Å². The van der Waals surface area contributed by atoms with Crippen LogP contribution in [0.15, 0.2) is 58.2 Å². The minimum absolute atomic E-state index is 0.255. The second-order valence-corrected chi connectivity index (χ2v) is 6.42. The van der Waals surface area contributed by atoms with Crippen molar-refractivity contribution in [1.82, 2.24) is 10.2 Å². The molecule has 0 saturated carbocycles. The molecule has 0 N–H and O–H groups in total. The number of ether oxygens (including phenoxy) is 2. The minimum atomic E-state index is 0.255. The second-order valence-electron chi connectivity index (χ2n) is 5.38. The highest BCUT2D eigenvalue weighted by Gasteiger charge is 2.16. The molecule has 2 aromatic carbocycles. The number of benzene rings is 2. The Bertz CT molecular complexity index is 820. The van der Waals surface area contributed by atoms with Crippen LogP contribution in [-0.2, 0) is 6.42 Å². The van der Waals surface area contributed by atoms with Crippen LogP contribution >= 0.6 is 11.8 Å². The summed E-state index contributed by atoms with van der Waals surface area (Å²) in [5.41, 5.74) is 2.19. The highest BCUT2D eigenvalue weighted by molar-refractivity contribution is 7.99. The van der Waals surface area contributed by atoms with Crippen molar-refractivity contribution in [1.29, 1.82) is 0 Å². The van der Waals surface area contributed by atoms with E-state index < -0.39 is 0 Å². The number of aryl methyl sites for hydroxylation is 1. The Kier molecular flexibility index (Phi) is 4.38. The number of hydrogen-bond donors (Lipinski definition) is 0. The maximum absolute atomic E-state index is 5.73. The lowest BCUT2D eigenvalue weighted by Crippen LogP contribution is -1.92. The molecule has 0 atom stereocenters. The lowest BCUT2D eigenvalue weighted by atomic mass is 10.1. The van der Waals surface area contributed by atoms with Gasteiger partial charge in [-0.1, -0.05) is 42.1 Å². The molecule has 0 unspecified atom stereocenters. The number of aromatic nitrogens is 2. The zero-order valence-electron chi connectivity index (χ0n) is 13.0. The number of fused-ring (bicyclic) bond motifs is 1. The quantitative estimate of drug-likeness (QED) is 0.495. The van der Waals surface area contributed by atoms with Gasteiger partial charge >= 0.3 is 0 Å². The second kappa shape index (κ2) is 6.97. The first-order valence-corrected chi connectivity index (χ1v) is 8.77. The van der Waals surface area contributed by atoms with E-state index in [1.165, 1.54) is 5.56 Å². The lowest BCUT2D eigenvalue weighted by Gasteiger charge is -1.99. The van der Waals surface area contributed by atoms with Gasteiger partial charge in [0.1, 0.15) is 0 Å². The van der Waals surface area contributed by atoms with Gasteiger partial charge in [0, 0.05) is 11.3 Å². The molecule has 0 radical (unpaired) electrons. The summed E-state index contributed by atoms with van der Waals surface area (Å²) in [5.74, 6) is 2.90. The van der Waals surface area contributed by atoms with Crippen molar-refractivity contribution >= 4 is 11.8 Å². The molecule has 0 spiro atoms. The average molecular weight is 340 g/mol. The minimum Gasteiger partial charge on any atom is -0.454 e. The molecule has 5 nitrogen and oxygen atoms in total. The summed E-state index contributed by atoms with van der Waals surface area (Å²) in [6, 6.07) is 16.1. The Morgan fingerprint density at radius 1 is 0.958 bits per heavy atom. The van der Waals surface area contributed by atoms with Gasteiger partial charge in [0.05, 0.1) is 0 Å². The Balaban J connectivity index is 1.33. The molecular formula is C18H16N2O3S. The Labute approximate surface area is 144 Å². The third-order valence-corrected chi connectivity index (χ3v) is 4.61. The first-order valence-electron chi connectivity index (χ1n) is 7.79. The zero-order valence-corrected chi connectivity index (χ0v) is 13.8. The molecule has 3 aromatic rings. The molecule has 1 aliphatic rings. The van der Waals surface area contributed by atoms with Gasteiger partial charge in [-0.15, -0.1) is 10.2 Å². The van der Waals surface area contributed by atoms with Gasteiger partial charge < -0.3 is 13.9 Å². The average Bonchev–Trinajstić information content (AvgIpc) is 3.28. The third kappa shape index (κ3) is 3.38. The van der Waals surface area contributed by atoms with Crippen LogP contribution in [0.5, 0.6) is 11.5 Å². The predicted molar refractivity (Wildman–Crippen MR) is 91.3 cm³/mol. The van der Waals surface area contributed by atoms with Crippen molar-refractivity contribution in [3.05, 3.63) is 54.1 Å². The maximum Gasteiger partial charge on any atom is 0.276 e. The van der Waals surface area contributed by atoms with Gasteiger partial charge in [0.15, 0.2) is 11.5 Å². The standard InChI is InChI=1S/C18H16N2O3S/c1-2-5-13(6-3-1)7-4-10-24-18-20-19-17(23-18)14-8-9-15-16(11-14)22-12-21-15/h1-3,5-6,8-9,11H,4,7,10,12H2. The van der Waals surface area contributed by atoms with Crippen molar-refractivity contribution in [2.75, 3.05) is 12.5 Å². The smallest absolute Gasteiger partial charge is 0.276 e. The van der Waals surface area contributed by atoms with Crippen molar-refractivity contribution in [2.45, 2.75) is 18.1 Å². The normalized spacial score (nSPS) is 12.5. The maximum atomic E-state index is 5.73. The Morgan fingerprint density at radius 3 is 2.75 bits per heavy atom. The molecule has 0 amide bonds. The molecule has 0 bridgehead atoms. The van der Waals surface area contributed by atoms with Crippen LogP contribution in [0.25, 0.3) is 11.5 Å². The van der Waals surface area contributed by atoms with Gasteiger partial charge in [-0.05, 0) is 36.6 Å². The van der Waals surface area contributed by atoms with Crippen LogP contribution < -0.4 is 9.47 Å². The molecule has 0 aliphatic carbocycles. The largest absolute Gasteiger partial charge is 0.454 e. The molecule has 2 heterocycles. The summed E-state index contributed by atoms with van der Waals surface area (Å²) < 4.78 is 16.4. The van der Waals surface area contributed by atoms with Crippen LogP contribution in [0.1, 0.15) is 12.0 Å². The van der Waals surface area contributed by atoms with Crippen molar-refractivity contribution in [3.8, 4) is 23.0 Å². The molecule has 0 fully saturated rings. The van der Waals surface area contributed by atoms with Gasteiger partial charge in [-0.2, -0.15) is 0 Å². The summed E-state index contributed by atoms with van der Waals surface area (Å²) in [7, 11) is 0. The number of nitrogens with zero attached hydrogens (tertiary/aromatic N) is 2. The molecule has 122 valence electrons. The molecular weight excluding hydrogens is 324 g/mol. The molecule has 4 rings (SSSR count). The Morgan fingerprint density at radius 2 is 1.83 bits per heavy atom. The predicted octanol–water partition coefficient (Wildman–Crippen LogP) is 4.19. The highest BCUT2D eigenvalue weighted by Crippen LogP contribution is 2.36. The SMILES string of the molecule is c1ccc(CCCSc2nnc(-c3ccc4c(c3)OCO4)o2)cc1. The van der Waals surface area contributed by atoms with Crippen molar-refractivity contribution in [3.63, 3.8) is 0 Å². The zero-order chi connectivity index (χ0) is 16.2. The fourth-order valence-electron chi connectivity index (χ4n) is 2.49. The van der Waals surface area contributed by atoms with Gasteiger partial charge in [0.25, 0.3) is 5.22 Å². The summed E-state index contributed by atoms with van der Waals surface area (Å²) >= 11 is 1.58. The first-order chi connectivity index (χ1) is 11.9. The number of thioether (sulfide) groups is 1. The molecule has 24 heavy (non-hydrogen) atoms.